The van der Waals surface area contributed by atoms with Gasteiger partial charge in [0.1, 0.15) is 0 Å². The van der Waals surface area contributed by atoms with E-state index in [1.165, 1.54) is 6.42 Å². The van der Waals surface area contributed by atoms with Crippen LogP contribution in [0.3, 0.4) is 0 Å². The van der Waals surface area contributed by atoms with Crippen molar-refractivity contribution in [3.63, 3.8) is 0 Å². The molecule has 5 nitrogen and oxygen atoms in total. The van der Waals surface area contributed by atoms with E-state index in [9.17, 15) is 9.59 Å². The summed E-state index contributed by atoms with van der Waals surface area (Å²) < 4.78 is 0. The standard InChI is InChI=1S/C19H27N3O2/c1-3-21(15(2)23)17-12-19(9-5-4-6-10-19)22(14-17)18(24)16-8-7-11-20-13-16/h7-8,11,13,17H,3-6,9-10,12,14H2,1-2H3/t17-/m0/s1. The van der Waals surface area contributed by atoms with Gasteiger partial charge in [0, 0.05) is 37.9 Å². The Bertz CT molecular complexity index is 596. The minimum absolute atomic E-state index is 0.0621. The highest BCUT2D eigenvalue weighted by Crippen LogP contribution is 2.43. The average Bonchev–Trinajstić information content (AvgIpc) is 2.94. The molecule has 130 valence electrons. The van der Waals surface area contributed by atoms with E-state index in [2.05, 4.69) is 9.88 Å². The molecule has 0 unspecified atom stereocenters. The molecule has 1 aliphatic heterocycles. The van der Waals surface area contributed by atoms with Gasteiger partial charge in [0.25, 0.3) is 5.91 Å². The molecular formula is C19H27N3O2. The third-order valence-electron chi connectivity index (χ3n) is 5.71. The Labute approximate surface area is 144 Å². The Hall–Kier alpha value is -1.91. The van der Waals surface area contributed by atoms with E-state index in [1.54, 1.807) is 19.3 Å². The summed E-state index contributed by atoms with van der Waals surface area (Å²) in [4.78, 5) is 33.2. The van der Waals surface area contributed by atoms with Gasteiger partial charge in [0.05, 0.1) is 11.6 Å². The number of carbonyl (C=O) groups is 2. The highest BCUT2D eigenvalue weighted by atomic mass is 16.2. The lowest BCUT2D eigenvalue weighted by atomic mass is 9.79. The van der Waals surface area contributed by atoms with Crippen molar-refractivity contribution >= 4 is 11.8 Å². The van der Waals surface area contributed by atoms with Crippen molar-refractivity contribution < 1.29 is 9.59 Å². The first-order valence-corrected chi connectivity index (χ1v) is 9.06. The van der Waals surface area contributed by atoms with Crippen LogP contribution >= 0.6 is 0 Å². The molecule has 0 aromatic carbocycles. The van der Waals surface area contributed by atoms with Crippen molar-refractivity contribution in [3.05, 3.63) is 30.1 Å². The van der Waals surface area contributed by atoms with Gasteiger partial charge in [-0.05, 0) is 38.3 Å². The Balaban J connectivity index is 1.89. The number of likely N-dealkylation sites (N-methyl/N-ethyl adjacent to an activating group) is 1. The molecule has 1 aliphatic carbocycles. The first kappa shape index (κ1) is 16.9. The zero-order valence-electron chi connectivity index (χ0n) is 14.7. The largest absolute Gasteiger partial charge is 0.338 e. The van der Waals surface area contributed by atoms with Gasteiger partial charge < -0.3 is 9.80 Å². The molecule has 24 heavy (non-hydrogen) atoms. The lowest BCUT2D eigenvalue weighted by Gasteiger charge is -2.41. The van der Waals surface area contributed by atoms with Crippen molar-refractivity contribution in [2.24, 2.45) is 0 Å². The summed E-state index contributed by atoms with van der Waals surface area (Å²) >= 11 is 0. The summed E-state index contributed by atoms with van der Waals surface area (Å²) in [5, 5.41) is 0. The monoisotopic (exact) mass is 329 g/mol. The van der Waals surface area contributed by atoms with E-state index >= 15 is 0 Å². The fraction of sp³-hybridized carbons (Fsp3) is 0.632. The summed E-state index contributed by atoms with van der Waals surface area (Å²) in [6, 6.07) is 3.77. The van der Waals surface area contributed by atoms with Gasteiger partial charge >= 0.3 is 0 Å². The molecule has 5 heteroatoms. The molecule has 1 atom stereocenters. The molecule has 2 fully saturated rings. The smallest absolute Gasteiger partial charge is 0.255 e. The Morgan fingerprint density at radius 2 is 2.08 bits per heavy atom. The van der Waals surface area contributed by atoms with Crippen LogP contribution in [0.15, 0.2) is 24.5 Å². The van der Waals surface area contributed by atoms with Crippen LogP contribution in [0.5, 0.6) is 0 Å². The van der Waals surface area contributed by atoms with E-state index in [1.807, 2.05) is 24.0 Å². The molecule has 1 saturated carbocycles. The van der Waals surface area contributed by atoms with Gasteiger partial charge in [-0.1, -0.05) is 19.3 Å². The molecule has 1 aromatic rings. The van der Waals surface area contributed by atoms with E-state index in [-0.39, 0.29) is 23.4 Å². The Morgan fingerprint density at radius 1 is 1.33 bits per heavy atom. The van der Waals surface area contributed by atoms with Crippen LogP contribution in [0.4, 0.5) is 0 Å². The van der Waals surface area contributed by atoms with Crippen LogP contribution in [0, 0.1) is 0 Å². The van der Waals surface area contributed by atoms with Crippen LogP contribution < -0.4 is 0 Å². The highest BCUT2D eigenvalue weighted by Gasteiger charge is 2.49. The topological polar surface area (TPSA) is 53.5 Å². The minimum Gasteiger partial charge on any atom is -0.338 e. The number of rotatable bonds is 3. The SMILES string of the molecule is CCN(C(C)=O)[C@@H]1CN(C(=O)c2cccnc2)C2(CCCCC2)C1. The zero-order valence-corrected chi connectivity index (χ0v) is 14.7. The van der Waals surface area contributed by atoms with Crippen molar-refractivity contribution in [3.8, 4) is 0 Å². The van der Waals surface area contributed by atoms with E-state index in [0.29, 0.717) is 18.7 Å². The maximum Gasteiger partial charge on any atom is 0.255 e. The van der Waals surface area contributed by atoms with Crippen LogP contribution in [0.1, 0.15) is 62.7 Å². The number of likely N-dealkylation sites (tertiary alicyclic amines) is 1. The van der Waals surface area contributed by atoms with Gasteiger partial charge in [-0.25, -0.2) is 0 Å². The number of nitrogens with zero attached hydrogens (tertiary/aromatic N) is 3. The van der Waals surface area contributed by atoms with Gasteiger partial charge in [-0.3, -0.25) is 14.6 Å². The predicted octanol–water partition coefficient (Wildman–Crippen LogP) is 2.87. The lowest BCUT2D eigenvalue weighted by Crippen LogP contribution is -2.48. The zero-order chi connectivity index (χ0) is 17.2. The van der Waals surface area contributed by atoms with Crippen LogP contribution in [-0.2, 0) is 4.79 Å². The van der Waals surface area contributed by atoms with Crippen LogP contribution in [0.2, 0.25) is 0 Å². The number of carbonyl (C=O) groups excluding carboxylic acids is 2. The molecule has 1 spiro atoms. The second kappa shape index (κ2) is 6.91. The molecule has 2 amide bonds. The first-order chi connectivity index (χ1) is 11.6. The molecule has 1 aromatic heterocycles. The molecule has 0 bridgehead atoms. The first-order valence-electron chi connectivity index (χ1n) is 9.06. The average molecular weight is 329 g/mol. The number of aromatic nitrogens is 1. The fourth-order valence-electron chi connectivity index (χ4n) is 4.59. The van der Waals surface area contributed by atoms with Gasteiger partial charge in [-0.15, -0.1) is 0 Å². The molecule has 2 aliphatic rings. The molecule has 0 radical (unpaired) electrons. The van der Waals surface area contributed by atoms with E-state index in [4.69, 9.17) is 0 Å². The highest BCUT2D eigenvalue weighted by molar-refractivity contribution is 5.94. The maximum atomic E-state index is 13.1. The van der Waals surface area contributed by atoms with E-state index in [0.717, 1.165) is 32.1 Å². The van der Waals surface area contributed by atoms with Crippen molar-refractivity contribution in [2.75, 3.05) is 13.1 Å². The Morgan fingerprint density at radius 3 is 2.67 bits per heavy atom. The summed E-state index contributed by atoms with van der Waals surface area (Å²) in [5.41, 5.74) is 0.563. The van der Waals surface area contributed by atoms with Crippen LogP contribution in [0.25, 0.3) is 0 Å². The van der Waals surface area contributed by atoms with Gasteiger partial charge in [0.15, 0.2) is 0 Å². The lowest BCUT2D eigenvalue weighted by molar-refractivity contribution is -0.130. The van der Waals surface area contributed by atoms with Gasteiger partial charge in [-0.2, -0.15) is 0 Å². The van der Waals surface area contributed by atoms with E-state index < -0.39 is 0 Å². The maximum absolute atomic E-state index is 13.1. The van der Waals surface area contributed by atoms with Crippen LogP contribution in [-0.4, -0.2) is 51.3 Å². The normalized spacial score (nSPS) is 22.6. The van der Waals surface area contributed by atoms with Crippen molar-refractivity contribution in [1.29, 1.82) is 0 Å². The minimum atomic E-state index is -0.0846. The third-order valence-corrected chi connectivity index (χ3v) is 5.71. The molecule has 3 rings (SSSR count). The van der Waals surface area contributed by atoms with Gasteiger partial charge in [0.2, 0.25) is 5.91 Å². The number of pyridine rings is 1. The van der Waals surface area contributed by atoms with Crippen molar-refractivity contribution in [2.45, 2.75) is 64.0 Å². The summed E-state index contributed by atoms with van der Waals surface area (Å²) in [5.74, 6) is 0.163. The summed E-state index contributed by atoms with van der Waals surface area (Å²) in [6.45, 7) is 4.98. The second-order valence-corrected chi connectivity index (χ2v) is 7.11. The second-order valence-electron chi connectivity index (χ2n) is 7.11. The number of hydrogen-bond donors (Lipinski definition) is 0. The number of amides is 2. The summed E-state index contributed by atoms with van der Waals surface area (Å²) in [6.07, 6.45) is 9.91. The molecule has 2 heterocycles. The summed E-state index contributed by atoms with van der Waals surface area (Å²) in [7, 11) is 0. The Kier molecular flexibility index (Phi) is 4.88. The molecule has 1 saturated heterocycles. The number of hydrogen-bond acceptors (Lipinski definition) is 3. The third kappa shape index (κ3) is 3.04. The molecule has 0 N–H and O–H groups in total. The molecular weight excluding hydrogens is 302 g/mol. The predicted molar refractivity (Wildman–Crippen MR) is 92.6 cm³/mol. The van der Waals surface area contributed by atoms with Crippen molar-refractivity contribution in [1.82, 2.24) is 14.8 Å². The fourth-order valence-corrected chi connectivity index (χ4v) is 4.59. The quantitative estimate of drug-likeness (QED) is 0.857.